The van der Waals surface area contributed by atoms with Crippen molar-refractivity contribution in [2.75, 3.05) is 0 Å². The summed E-state index contributed by atoms with van der Waals surface area (Å²) < 4.78 is 0. The zero-order valence-electron chi connectivity index (χ0n) is 8.41. The van der Waals surface area contributed by atoms with Crippen LogP contribution in [0.1, 0.15) is 5.56 Å². The zero-order chi connectivity index (χ0) is 12.8. The molecule has 9 heteroatoms. The van der Waals surface area contributed by atoms with Gasteiger partial charge in [0.05, 0.1) is 6.21 Å². The van der Waals surface area contributed by atoms with Crippen LogP contribution in [0.15, 0.2) is 29.4 Å². The maximum Gasteiger partial charge on any atom is 0.318 e. The molecule has 0 spiro atoms. The topological polar surface area (TPSA) is 118 Å². The van der Waals surface area contributed by atoms with E-state index in [0.717, 1.165) is 0 Å². The quantitative estimate of drug-likeness (QED) is 0.361. The van der Waals surface area contributed by atoms with Gasteiger partial charge in [0.2, 0.25) is 5.96 Å². The zero-order valence-corrected chi connectivity index (χ0v) is 9.16. The minimum atomic E-state index is -1.12. The van der Waals surface area contributed by atoms with Crippen LogP contribution in [0, 0.1) is 15.5 Å². The van der Waals surface area contributed by atoms with Gasteiger partial charge in [0.15, 0.2) is 0 Å². The first kappa shape index (κ1) is 12.7. The van der Waals surface area contributed by atoms with Crippen LogP contribution < -0.4 is 5.73 Å². The van der Waals surface area contributed by atoms with Gasteiger partial charge in [-0.3, -0.25) is 5.41 Å². The van der Waals surface area contributed by atoms with Crippen molar-refractivity contribution in [3.63, 3.8) is 0 Å². The molecule has 0 saturated heterocycles. The van der Waals surface area contributed by atoms with E-state index in [1.165, 1.54) is 6.21 Å². The lowest BCUT2D eigenvalue weighted by atomic mass is 10.2. The third-order valence-corrected chi connectivity index (χ3v) is 1.78. The van der Waals surface area contributed by atoms with Gasteiger partial charge in [0.25, 0.3) is 0 Å². The Morgan fingerprint density at radius 1 is 1.59 bits per heavy atom. The van der Waals surface area contributed by atoms with Crippen molar-refractivity contribution in [1.29, 1.82) is 5.41 Å². The predicted octanol–water partition coefficient (Wildman–Crippen LogP) is 0.993. The van der Waals surface area contributed by atoms with E-state index in [1.54, 1.807) is 24.3 Å². The van der Waals surface area contributed by atoms with Crippen LogP contribution in [0.25, 0.3) is 0 Å². The number of halogens is 1. The number of hydrazone groups is 1. The van der Waals surface area contributed by atoms with Crippen LogP contribution in [0.3, 0.4) is 0 Å². The number of hydroxylamine groups is 1. The molecule has 0 heterocycles. The molecular weight excluding hydrogens is 250 g/mol. The molecule has 0 unspecified atom stereocenters. The number of benzene rings is 1. The third-order valence-electron chi connectivity index (χ3n) is 1.53. The number of nitrogens with one attached hydrogen (secondary N) is 1. The Bertz CT molecular complexity index is 447. The molecule has 8 nitrogen and oxygen atoms in total. The van der Waals surface area contributed by atoms with Gasteiger partial charge in [-0.05, 0) is 17.7 Å². The van der Waals surface area contributed by atoms with E-state index in [-0.39, 0.29) is 5.17 Å². The standard InChI is InChI=1S/C8H8ClN5O3/c9-7-3-1-6(2-4-7)5-12-13(8(10)11)17-14(15)16/h1-5H,(H3,10,11)/b12-5+. The Morgan fingerprint density at radius 3 is 2.65 bits per heavy atom. The smallest absolute Gasteiger partial charge is 0.318 e. The van der Waals surface area contributed by atoms with Gasteiger partial charge in [-0.15, -0.1) is 10.1 Å². The maximum absolute atomic E-state index is 10.1. The Kier molecular flexibility index (Phi) is 4.23. The molecule has 1 rings (SSSR count). The van der Waals surface area contributed by atoms with Gasteiger partial charge in [0.1, 0.15) is 0 Å². The van der Waals surface area contributed by atoms with Crippen molar-refractivity contribution in [3.05, 3.63) is 45.0 Å². The fourth-order valence-corrected chi connectivity index (χ4v) is 0.984. The van der Waals surface area contributed by atoms with Gasteiger partial charge >= 0.3 is 5.09 Å². The summed E-state index contributed by atoms with van der Waals surface area (Å²) in [5.41, 5.74) is 5.64. The van der Waals surface area contributed by atoms with E-state index in [2.05, 4.69) is 10.0 Å². The van der Waals surface area contributed by atoms with Gasteiger partial charge in [-0.1, -0.05) is 28.9 Å². The minimum Gasteiger partial charge on any atom is -0.367 e. The Labute approximate surface area is 101 Å². The molecule has 0 aliphatic heterocycles. The SMILES string of the molecule is N=C(N)N(/N=C/c1ccc(Cl)cc1)O[N+](=O)[O-]. The predicted molar refractivity (Wildman–Crippen MR) is 60.9 cm³/mol. The number of guanidine groups is 1. The first-order valence-electron chi connectivity index (χ1n) is 4.25. The minimum absolute atomic E-state index is 0.272. The van der Waals surface area contributed by atoms with E-state index >= 15 is 0 Å². The molecule has 0 aromatic heterocycles. The van der Waals surface area contributed by atoms with E-state index < -0.39 is 11.0 Å². The fraction of sp³-hybridized carbons (Fsp3) is 0. The first-order valence-corrected chi connectivity index (χ1v) is 4.63. The third kappa shape index (κ3) is 4.34. The number of nitrogens with zero attached hydrogens (tertiary/aromatic N) is 3. The first-order chi connectivity index (χ1) is 7.99. The van der Waals surface area contributed by atoms with Crippen molar-refractivity contribution < 1.29 is 10.0 Å². The van der Waals surface area contributed by atoms with Gasteiger partial charge < -0.3 is 5.73 Å². The Morgan fingerprint density at radius 2 is 2.18 bits per heavy atom. The lowest BCUT2D eigenvalue weighted by Crippen LogP contribution is -2.34. The Hall–Kier alpha value is -2.35. The highest BCUT2D eigenvalue weighted by Gasteiger charge is 2.08. The molecule has 1 aromatic carbocycles. The number of rotatable bonds is 4. The summed E-state index contributed by atoms with van der Waals surface area (Å²) in [6.45, 7) is 0. The molecule has 90 valence electrons. The highest BCUT2D eigenvalue weighted by molar-refractivity contribution is 6.30. The molecule has 0 radical (unpaired) electrons. The Balaban J connectivity index is 2.75. The van der Waals surface area contributed by atoms with E-state index in [4.69, 9.17) is 22.7 Å². The molecule has 0 fully saturated rings. The maximum atomic E-state index is 10.1. The van der Waals surface area contributed by atoms with E-state index in [1.807, 2.05) is 0 Å². The average Bonchev–Trinajstić information content (AvgIpc) is 2.25. The lowest BCUT2D eigenvalue weighted by Gasteiger charge is -2.10. The van der Waals surface area contributed by atoms with Crippen LogP contribution in [0.4, 0.5) is 0 Å². The summed E-state index contributed by atoms with van der Waals surface area (Å²) in [5.74, 6) is -0.716. The average molecular weight is 258 g/mol. The molecule has 0 amide bonds. The second kappa shape index (κ2) is 5.66. The summed E-state index contributed by atoms with van der Waals surface area (Å²) in [6.07, 6.45) is 1.24. The second-order valence-electron chi connectivity index (χ2n) is 2.76. The van der Waals surface area contributed by atoms with Crippen molar-refractivity contribution in [2.45, 2.75) is 0 Å². The molecule has 0 atom stereocenters. The molecule has 0 bridgehead atoms. The van der Waals surface area contributed by atoms with Crippen molar-refractivity contribution in [1.82, 2.24) is 5.17 Å². The summed E-state index contributed by atoms with van der Waals surface area (Å²) in [5, 5.41) is 20.3. The number of nitrogens with two attached hydrogens (primary N) is 1. The lowest BCUT2D eigenvalue weighted by molar-refractivity contribution is -0.803. The molecule has 3 N–H and O–H groups in total. The highest BCUT2D eigenvalue weighted by atomic mass is 35.5. The van der Waals surface area contributed by atoms with Crippen molar-refractivity contribution >= 4 is 23.8 Å². The fourth-order valence-electron chi connectivity index (χ4n) is 0.858. The molecular formula is C8H8ClN5O3. The molecule has 17 heavy (non-hydrogen) atoms. The van der Waals surface area contributed by atoms with Crippen LogP contribution >= 0.6 is 11.6 Å². The monoisotopic (exact) mass is 257 g/mol. The number of hydrogen-bond acceptors (Lipinski definition) is 5. The summed E-state index contributed by atoms with van der Waals surface area (Å²) >= 11 is 5.67. The van der Waals surface area contributed by atoms with Crippen LogP contribution in [0.2, 0.25) is 5.02 Å². The van der Waals surface area contributed by atoms with Crippen molar-refractivity contribution in [2.24, 2.45) is 10.8 Å². The summed E-state index contributed by atoms with van der Waals surface area (Å²) in [6, 6.07) is 6.51. The highest BCUT2D eigenvalue weighted by Crippen LogP contribution is 2.08. The molecule has 0 aliphatic rings. The van der Waals surface area contributed by atoms with Crippen molar-refractivity contribution in [3.8, 4) is 0 Å². The van der Waals surface area contributed by atoms with Gasteiger partial charge in [-0.2, -0.15) is 10.0 Å². The normalized spacial score (nSPS) is 10.2. The summed E-state index contributed by atoms with van der Waals surface area (Å²) in [7, 11) is 0. The van der Waals surface area contributed by atoms with Crippen LogP contribution in [-0.2, 0) is 4.94 Å². The molecule has 0 saturated carbocycles. The number of hydrogen-bond donors (Lipinski definition) is 2. The van der Waals surface area contributed by atoms with Crippen LogP contribution in [0.5, 0.6) is 0 Å². The molecule has 0 aliphatic carbocycles. The van der Waals surface area contributed by atoms with E-state index in [9.17, 15) is 10.1 Å². The van der Waals surface area contributed by atoms with Crippen LogP contribution in [-0.4, -0.2) is 22.4 Å². The van der Waals surface area contributed by atoms with E-state index in [0.29, 0.717) is 10.6 Å². The van der Waals surface area contributed by atoms with Gasteiger partial charge in [-0.25, -0.2) is 0 Å². The van der Waals surface area contributed by atoms with Gasteiger partial charge in [0, 0.05) is 5.02 Å². The summed E-state index contributed by atoms with van der Waals surface area (Å²) in [4.78, 5) is 14.0. The largest absolute Gasteiger partial charge is 0.367 e. The molecule has 1 aromatic rings. The second-order valence-corrected chi connectivity index (χ2v) is 3.20.